The highest BCUT2D eigenvalue weighted by atomic mass is 19.4. The van der Waals surface area contributed by atoms with E-state index in [0.29, 0.717) is 0 Å². The minimum absolute atomic E-state index is 0.0515. The lowest BCUT2D eigenvalue weighted by atomic mass is 10.1. The van der Waals surface area contributed by atoms with Crippen LogP contribution < -0.4 is 4.74 Å². The van der Waals surface area contributed by atoms with E-state index in [1.54, 1.807) is 0 Å². The molecule has 0 atom stereocenters. The molecule has 0 aromatic carbocycles. The molecule has 0 saturated carbocycles. The highest BCUT2D eigenvalue weighted by Gasteiger charge is 2.38. The molecule has 1 amide bonds. The summed E-state index contributed by atoms with van der Waals surface area (Å²) in [4.78, 5) is 16.5. The van der Waals surface area contributed by atoms with Gasteiger partial charge in [-0.15, -0.1) is 0 Å². The van der Waals surface area contributed by atoms with Gasteiger partial charge in [-0.05, 0) is 12.1 Å². The van der Waals surface area contributed by atoms with Crippen LogP contribution in [0.25, 0.3) is 0 Å². The fourth-order valence-corrected chi connectivity index (χ4v) is 1.79. The third-order valence-corrected chi connectivity index (χ3v) is 2.82. The van der Waals surface area contributed by atoms with Crippen LogP contribution >= 0.6 is 0 Å². The van der Waals surface area contributed by atoms with Gasteiger partial charge in [0, 0.05) is 13.3 Å². The van der Waals surface area contributed by atoms with Crippen LogP contribution in [0.2, 0.25) is 0 Å². The average Bonchev–Trinajstić information content (AvgIpc) is 2.32. The molecule has 110 valence electrons. The van der Waals surface area contributed by atoms with Crippen molar-refractivity contribution in [1.82, 2.24) is 9.88 Å². The molecule has 0 aliphatic carbocycles. The van der Waals surface area contributed by atoms with Crippen LogP contribution in [0.1, 0.15) is 5.56 Å². The van der Waals surface area contributed by atoms with E-state index in [2.05, 4.69) is 9.72 Å². The van der Waals surface area contributed by atoms with Crippen LogP contribution in [0.4, 0.5) is 13.2 Å². The quantitative estimate of drug-likeness (QED) is 0.839. The number of rotatable bonds is 4. The first-order chi connectivity index (χ1) is 9.41. The summed E-state index contributed by atoms with van der Waals surface area (Å²) in [5, 5.41) is 0. The Morgan fingerprint density at radius 2 is 2.20 bits per heavy atom. The van der Waals surface area contributed by atoms with Gasteiger partial charge in [0.1, 0.15) is 18.3 Å². The van der Waals surface area contributed by atoms with Crippen molar-refractivity contribution in [3.05, 3.63) is 23.9 Å². The lowest BCUT2D eigenvalue weighted by molar-refractivity contribution is -0.147. The summed E-state index contributed by atoms with van der Waals surface area (Å²) in [5.74, 6) is -0.673. The lowest BCUT2D eigenvalue weighted by Gasteiger charge is -2.38. The Hall–Kier alpha value is -1.83. The van der Waals surface area contributed by atoms with Gasteiger partial charge in [0.15, 0.2) is 0 Å². The standard InChI is InChI=1S/C12H13F3N2O3/c1-19-7-10(18)17-5-8(6-17)20-11-9(12(13,14)15)3-2-4-16-11/h2-4,8H,5-7H2,1H3. The number of pyridine rings is 1. The fraction of sp³-hybridized carbons (Fsp3) is 0.500. The molecule has 0 radical (unpaired) electrons. The Morgan fingerprint density at radius 1 is 1.50 bits per heavy atom. The molecule has 2 heterocycles. The van der Waals surface area contributed by atoms with Crippen molar-refractivity contribution >= 4 is 5.91 Å². The molecule has 0 N–H and O–H groups in total. The maximum Gasteiger partial charge on any atom is 0.421 e. The number of amides is 1. The topological polar surface area (TPSA) is 51.7 Å². The third-order valence-electron chi connectivity index (χ3n) is 2.82. The van der Waals surface area contributed by atoms with Crippen LogP contribution in [0.15, 0.2) is 18.3 Å². The second-order valence-corrected chi connectivity index (χ2v) is 4.33. The van der Waals surface area contributed by atoms with Gasteiger partial charge in [0.25, 0.3) is 0 Å². The van der Waals surface area contributed by atoms with E-state index in [0.717, 1.165) is 6.07 Å². The summed E-state index contributed by atoms with van der Waals surface area (Å²) in [7, 11) is 1.40. The zero-order valence-corrected chi connectivity index (χ0v) is 10.7. The smallest absolute Gasteiger partial charge is 0.421 e. The average molecular weight is 290 g/mol. The predicted octanol–water partition coefficient (Wildman–Crippen LogP) is 1.34. The van der Waals surface area contributed by atoms with Crippen LogP contribution in [-0.2, 0) is 15.7 Å². The third kappa shape index (κ3) is 3.19. The van der Waals surface area contributed by atoms with Crippen molar-refractivity contribution in [2.75, 3.05) is 26.8 Å². The fourth-order valence-electron chi connectivity index (χ4n) is 1.79. The second kappa shape index (κ2) is 5.66. The van der Waals surface area contributed by atoms with E-state index in [1.807, 2.05) is 0 Å². The van der Waals surface area contributed by atoms with Crippen molar-refractivity contribution in [2.24, 2.45) is 0 Å². The van der Waals surface area contributed by atoms with Crippen molar-refractivity contribution in [2.45, 2.75) is 12.3 Å². The number of carbonyl (C=O) groups is 1. The number of hydrogen-bond acceptors (Lipinski definition) is 4. The van der Waals surface area contributed by atoms with Crippen molar-refractivity contribution in [3.63, 3.8) is 0 Å². The van der Waals surface area contributed by atoms with Gasteiger partial charge in [0.2, 0.25) is 11.8 Å². The van der Waals surface area contributed by atoms with E-state index in [9.17, 15) is 18.0 Å². The largest absolute Gasteiger partial charge is 0.470 e. The molecule has 1 aromatic heterocycles. The van der Waals surface area contributed by atoms with Crippen molar-refractivity contribution < 1.29 is 27.4 Å². The van der Waals surface area contributed by atoms with Crippen molar-refractivity contribution in [3.8, 4) is 5.88 Å². The Labute approximate surface area is 113 Å². The first-order valence-corrected chi connectivity index (χ1v) is 5.87. The Balaban J connectivity index is 1.95. The molecule has 5 nitrogen and oxygen atoms in total. The van der Waals surface area contributed by atoms with Gasteiger partial charge in [-0.2, -0.15) is 13.2 Å². The minimum atomic E-state index is -4.51. The summed E-state index contributed by atoms with van der Waals surface area (Å²) in [6.07, 6.45) is -3.76. The summed E-state index contributed by atoms with van der Waals surface area (Å²) < 4.78 is 48.1. The van der Waals surface area contributed by atoms with Gasteiger partial charge in [-0.25, -0.2) is 4.98 Å². The number of hydrogen-bond donors (Lipinski definition) is 0. The molecule has 0 spiro atoms. The molecule has 1 aromatic rings. The van der Waals surface area contributed by atoms with Gasteiger partial charge < -0.3 is 14.4 Å². The number of carbonyl (C=O) groups excluding carboxylic acids is 1. The van der Waals surface area contributed by atoms with E-state index in [4.69, 9.17) is 4.74 Å². The van der Waals surface area contributed by atoms with Crippen LogP contribution in [0, 0.1) is 0 Å². The molecule has 8 heteroatoms. The predicted molar refractivity (Wildman–Crippen MR) is 62.1 cm³/mol. The summed E-state index contributed by atoms with van der Waals surface area (Å²) in [5.41, 5.74) is -0.915. The summed E-state index contributed by atoms with van der Waals surface area (Å²) in [6.45, 7) is 0.413. The SMILES string of the molecule is COCC(=O)N1CC(Oc2ncccc2C(F)(F)F)C1. The number of methoxy groups -OCH3 is 1. The number of nitrogens with zero attached hydrogens (tertiary/aromatic N) is 2. The number of ether oxygens (including phenoxy) is 2. The van der Waals surface area contributed by atoms with E-state index >= 15 is 0 Å². The molecule has 1 aliphatic rings. The minimum Gasteiger partial charge on any atom is -0.470 e. The van der Waals surface area contributed by atoms with Gasteiger partial charge in [-0.3, -0.25) is 4.79 Å². The summed E-state index contributed by atoms with van der Waals surface area (Å²) >= 11 is 0. The molecule has 1 saturated heterocycles. The van der Waals surface area contributed by atoms with E-state index in [-0.39, 0.29) is 25.6 Å². The first-order valence-electron chi connectivity index (χ1n) is 5.87. The molecular formula is C12H13F3N2O3. The maximum atomic E-state index is 12.7. The van der Waals surface area contributed by atoms with Gasteiger partial charge in [0.05, 0.1) is 13.1 Å². The number of halogens is 3. The normalized spacial score (nSPS) is 15.9. The lowest BCUT2D eigenvalue weighted by Crippen LogP contribution is -2.57. The molecule has 0 bridgehead atoms. The number of alkyl halides is 3. The molecule has 0 unspecified atom stereocenters. The molecule has 20 heavy (non-hydrogen) atoms. The van der Waals surface area contributed by atoms with Crippen LogP contribution in [-0.4, -0.2) is 48.7 Å². The molecule has 1 fully saturated rings. The highest BCUT2D eigenvalue weighted by Crippen LogP contribution is 2.35. The number of likely N-dealkylation sites (tertiary alicyclic amines) is 1. The molecule has 2 rings (SSSR count). The molecular weight excluding hydrogens is 277 g/mol. The first kappa shape index (κ1) is 14.6. The number of aromatic nitrogens is 1. The van der Waals surface area contributed by atoms with Gasteiger partial charge in [-0.1, -0.05) is 0 Å². The maximum absolute atomic E-state index is 12.7. The van der Waals surface area contributed by atoms with Crippen molar-refractivity contribution in [1.29, 1.82) is 0 Å². The zero-order chi connectivity index (χ0) is 14.8. The Bertz CT molecular complexity index is 487. The van der Waals surface area contributed by atoms with Gasteiger partial charge >= 0.3 is 6.18 Å². The van der Waals surface area contributed by atoms with E-state index < -0.39 is 23.7 Å². The Kier molecular flexibility index (Phi) is 4.12. The van der Waals surface area contributed by atoms with E-state index in [1.165, 1.54) is 24.3 Å². The van der Waals surface area contributed by atoms with Crippen LogP contribution in [0.3, 0.4) is 0 Å². The zero-order valence-electron chi connectivity index (χ0n) is 10.7. The van der Waals surface area contributed by atoms with Crippen LogP contribution in [0.5, 0.6) is 5.88 Å². The molecule has 1 aliphatic heterocycles. The highest BCUT2D eigenvalue weighted by molar-refractivity contribution is 5.78. The second-order valence-electron chi connectivity index (χ2n) is 4.33. The summed E-state index contributed by atoms with van der Waals surface area (Å²) in [6, 6.07) is 2.11. The Morgan fingerprint density at radius 3 is 2.80 bits per heavy atom. The monoisotopic (exact) mass is 290 g/mol.